The zero-order chi connectivity index (χ0) is 15.5. The maximum atomic E-state index is 11.5. The van der Waals surface area contributed by atoms with Crippen LogP contribution in [0, 0.1) is 0 Å². The van der Waals surface area contributed by atoms with E-state index in [1.165, 1.54) is 0 Å². The topological polar surface area (TPSA) is 65.0 Å². The molecule has 1 N–H and O–H groups in total. The number of benzene rings is 2. The van der Waals surface area contributed by atoms with Gasteiger partial charge in [0, 0.05) is 0 Å². The molecule has 2 unspecified atom stereocenters. The summed E-state index contributed by atoms with van der Waals surface area (Å²) in [7, 11) is 0. The Hall–Kier alpha value is -2.69. The van der Waals surface area contributed by atoms with Crippen molar-refractivity contribution in [1.29, 1.82) is 0 Å². The zero-order valence-corrected chi connectivity index (χ0v) is 12.1. The maximum absolute atomic E-state index is 11.5. The Balaban J connectivity index is 1.91. The van der Waals surface area contributed by atoms with Crippen LogP contribution >= 0.6 is 0 Å². The predicted molar refractivity (Wildman–Crippen MR) is 79.5 cm³/mol. The number of carboxylic acid groups (broad SMARTS) is 1. The first-order valence-electron chi connectivity index (χ1n) is 7.07. The first-order chi connectivity index (χ1) is 10.7. The van der Waals surface area contributed by atoms with Gasteiger partial charge in [0.15, 0.2) is 17.6 Å². The van der Waals surface area contributed by atoms with Crippen LogP contribution in [0.3, 0.4) is 0 Å². The predicted octanol–water partition coefficient (Wildman–Crippen LogP) is 3.05. The number of carbonyl (C=O) groups is 1. The Labute approximate surface area is 128 Å². The lowest BCUT2D eigenvalue weighted by atomic mass is 10.0. The third-order valence-corrected chi connectivity index (χ3v) is 3.40. The number of aliphatic carboxylic acids is 1. The highest BCUT2D eigenvalue weighted by Gasteiger charge is 2.38. The van der Waals surface area contributed by atoms with E-state index in [-0.39, 0.29) is 0 Å². The average Bonchev–Trinajstić information content (AvgIpc) is 2.54. The molecule has 2 aromatic rings. The molecule has 0 spiro atoms. The number of carboxylic acids is 1. The minimum absolute atomic E-state index is 0.442. The van der Waals surface area contributed by atoms with Gasteiger partial charge in [-0.25, -0.2) is 4.79 Å². The third kappa shape index (κ3) is 2.70. The van der Waals surface area contributed by atoms with Crippen molar-refractivity contribution < 1.29 is 24.1 Å². The van der Waals surface area contributed by atoms with Crippen LogP contribution in [0.5, 0.6) is 17.2 Å². The van der Waals surface area contributed by atoms with Gasteiger partial charge in [-0.1, -0.05) is 24.3 Å². The summed E-state index contributed by atoms with van der Waals surface area (Å²) in [6.45, 7) is 2.48. The molecule has 2 aromatic carbocycles. The molecule has 0 radical (unpaired) electrons. The quantitative estimate of drug-likeness (QED) is 0.940. The summed E-state index contributed by atoms with van der Waals surface area (Å²) in [6.07, 6.45) is -1.80. The first-order valence-corrected chi connectivity index (χ1v) is 7.07. The standard InChI is InChI=1S/C17H16O5/c1-2-20-12-9-7-11(8-10-12)15-16(17(18)19)22-14-6-4-3-5-13(14)21-15/h3-10,15-16H,2H2,1H3,(H,18,19). The lowest BCUT2D eigenvalue weighted by Gasteiger charge is -2.31. The molecule has 2 atom stereocenters. The van der Waals surface area contributed by atoms with Gasteiger partial charge in [0.1, 0.15) is 5.75 Å². The second-order valence-electron chi connectivity index (χ2n) is 4.86. The maximum Gasteiger partial charge on any atom is 0.349 e. The minimum Gasteiger partial charge on any atom is -0.494 e. The van der Waals surface area contributed by atoms with Crippen molar-refractivity contribution >= 4 is 5.97 Å². The molecule has 0 aliphatic carbocycles. The van der Waals surface area contributed by atoms with E-state index in [0.717, 1.165) is 11.3 Å². The summed E-state index contributed by atoms with van der Waals surface area (Å²) < 4.78 is 16.8. The Morgan fingerprint density at radius 1 is 1.09 bits per heavy atom. The van der Waals surface area contributed by atoms with Crippen LogP contribution in [0.4, 0.5) is 0 Å². The van der Waals surface area contributed by atoms with Gasteiger partial charge in [0.25, 0.3) is 0 Å². The molecule has 114 valence electrons. The number of ether oxygens (including phenoxy) is 3. The zero-order valence-electron chi connectivity index (χ0n) is 12.1. The molecular formula is C17H16O5. The first kappa shape index (κ1) is 14.3. The molecule has 0 amide bonds. The lowest BCUT2D eigenvalue weighted by Crippen LogP contribution is -2.39. The fourth-order valence-corrected chi connectivity index (χ4v) is 2.39. The van der Waals surface area contributed by atoms with Crippen LogP contribution in [0.25, 0.3) is 0 Å². The van der Waals surface area contributed by atoms with Crippen molar-refractivity contribution in [2.75, 3.05) is 6.61 Å². The number of hydrogen-bond acceptors (Lipinski definition) is 4. The normalized spacial score (nSPS) is 19.5. The van der Waals surface area contributed by atoms with Gasteiger partial charge in [-0.2, -0.15) is 0 Å². The van der Waals surface area contributed by atoms with Gasteiger partial charge in [0.2, 0.25) is 6.10 Å². The number of rotatable bonds is 4. The summed E-state index contributed by atoms with van der Waals surface area (Å²) >= 11 is 0. The fourth-order valence-electron chi connectivity index (χ4n) is 2.39. The molecule has 0 saturated carbocycles. The molecule has 0 aromatic heterocycles. The van der Waals surface area contributed by atoms with Crippen molar-refractivity contribution in [3.8, 4) is 17.2 Å². The molecule has 22 heavy (non-hydrogen) atoms. The van der Waals surface area contributed by atoms with Crippen LogP contribution in [-0.2, 0) is 4.79 Å². The van der Waals surface area contributed by atoms with Gasteiger partial charge in [0.05, 0.1) is 6.61 Å². The van der Waals surface area contributed by atoms with E-state index in [2.05, 4.69) is 0 Å². The van der Waals surface area contributed by atoms with Gasteiger partial charge in [-0.15, -0.1) is 0 Å². The van der Waals surface area contributed by atoms with E-state index >= 15 is 0 Å². The van der Waals surface area contributed by atoms with E-state index in [1.807, 2.05) is 13.0 Å². The lowest BCUT2D eigenvalue weighted by molar-refractivity contribution is -0.151. The smallest absolute Gasteiger partial charge is 0.349 e. The highest BCUT2D eigenvalue weighted by atomic mass is 16.6. The molecule has 5 nitrogen and oxygen atoms in total. The summed E-state index contributed by atoms with van der Waals surface area (Å²) in [5.41, 5.74) is 0.727. The van der Waals surface area contributed by atoms with Crippen LogP contribution in [0.15, 0.2) is 48.5 Å². The van der Waals surface area contributed by atoms with Gasteiger partial charge >= 0.3 is 5.97 Å². The Kier molecular flexibility index (Phi) is 3.87. The summed E-state index contributed by atoms with van der Waals surface area (Å²) in [5, 5.41) is 9.40. The van der Waals surface area contributed by atoms with Gasteiger partial charge < -0.3 is 19.3 Å². The number of fused-ring (bicyclic) bond motifs is 1. The largest absolute Gasteiger partial charge is 0.494 e. The van der Waals surface area contributed by atoms with Crippen molar-refractivity contribution in [3.63, 3.8) is 0 Å². The number of para-hydroxylation sites is 2. The van der Waals surface area contributed by atoms with Crippen molar-refractivity contribution in [3.05, 3.63) is 54.1 Å². The number of hydrogen-bond donors (Lipinski definition) is 1. The van der Waals surface area contributed by atoms with Crippen LogP contribution in [0.1, 0.15) is 18.6 Å². The summed E-state index contributed by atoms with van der Waals surface area (Å²) in [6, 6.07) is 14.2. The van der Waals surface area contributed by atoms with Crippen molar-refractivity contribution in [2.24, 2.45) is 0 Å². The van der Waals surface area contributed by atoms with Crippen LogP contribution < -0.4 is 14.2 Å². The van der Waals surface area contributed by atoms with Crippen molar-refractivity contribution in [1.82, 2.24) is 0 Å². The summed E-state index contributed by atoms with van der Waals surface area (Å²) in [5.74, 6) is 0.652. The van der Waals surface area contributed by atoms with E-state index in [4.69, 9.17) is 14.2 Å². The monoisotopic (exact) mass is 300 g/mol. The molecule has 0 saturated heterocycles. The van der Waals surface area contributed by atoms with Gasteiger partial charge in [-0.3, -0.25) is 0 Å². The molecular weight excluding hydrogens is 284 g/mol. The Morgan fingerprint density at radius 3 is 2.32 bits per heavy atom. The van der Waals surface area contributed by atoms with E-state index in [9.17, 15) is 9.90 Å². The van der Waals surface area contributed by atoms with Crippen molar-refractivity contribution in [2.45, 2.75) is 19.1 Å². The molecule has 5 heteroatoms. The molecule has 1 heterocycles. The fraction of sp³-hybridized carbons (Fsp3) is 0.235. The SMILES string of the molecule is CCOc1ccc(C2Oc3ccccc3OC2C(=O)O)cc1. The highest BCUT2D eigenvalue weighted by Crippen LogP contribution is 2.39. The molecule has 1 aliphatic rings. The third-order valence-electron chi connectivity index (χ3n) is 3.40. The highest BCUT2D eigenvalue weighted by molar-refractivity contribution is 5.75. The molecule has 3 rings (SSSR count). The van der Waals surface area contributed by atoms with E-state index in [1.54, 1.807) is 42.5 Å². The van der Waals surface area contributed by atoms with Gasteiger partial charge in [-0.05, 0) is 36.8 Å². The Morgan fingerprint density at radius 2 is 1.73 bits per heavy atom. The molecule has 0 bridgehead atoms. The van der Waals surface area contributed by atoms with E-state index < -0.39 is 18.2 Å². The van der Waals surface area contributed by atoms with E-state index in [0.29, 0.717) is 18.1 Å². The average molecular weight is 300 g/mol. The minimum atomic E-state index is -1.09. The molecule has 1 aliphatic heterocycles. The summed E-state index contributed by atoms with van der Waals surface area (Å²) in [4.78, 5) is 11.5. The van der Waals surface area contributed by atoms with Crippen LogP contribution in [0.2, 0.25) is 0 Å². The Bertz CT molecular complexity index is 665. The second-order valence-corrected chi connectivity index (χ2v) is 4.86. The second kappa shape index (κ2) is 5.97. The van der Waals surface area contributed by atoms with Crippen LogP contribution in [-0.4, -0.2) is 23.8 Å². The molecule has 0 fully saturated rings.